The van der Waals surface area contributed by atoms with Gasteiger partial charge in [0.05, 0.1) is 0 Å². The van der Waals surface area contributed by atoms with Crippen LogP contribution in [0.1, 0.15) is 31.4 Å². The highest BCUT2D eigenvalue weighted by molar-refractivity contribution is 5.18. The van der Waals surface area contributed by atoms with Crippen molar-refractivity contribution in [2.75, 3.05) is 7.05 Å². The Hall–Kier alpha value is -0.860. The quantitative estimate of drug-likeness (QED) is 0.712. The second kappa shape index (κ2) is 4.11. The fourth-order valence-corrected chi connectivity index (χ4v) is 2.01. The molecule has 0 N–H and O–H groups in total. The summed E-state index contributed by atoms with van der Waals surface area (Å²) < 4.78 is 0. The summed E-state index contributed by atoms with van der Waals surface area (Å²) in [6, 6.07) is 11.0. The lowest BCUT2D eigenvalue weighted by Gasteiger charge is -2.14. The molecule has 2 nitrogen and oxygen atoms in total. The van der Waals surface area contributed by atoms with Gasteiger partial charge in [0, 0.05) is 13.1 Å². The van der Waals surface area contributed by atoms with E-state index in [0.29, 0.717) is 6.04 Å². The van der Waals surface area contributed by atoms with Gasteiger partial charge in [-0.15, -0.1) is 0 Å². The fraction of sp³-hybridized carbons (Fsp3) is 0.500. The molecule has 1 aliphatic rings. The average Bonchev–Trinajstić information content (AvgIpc) is 2.61. The number of hydroxylamine groups is 2. The van der Waals surface area contributed by atoms with E-state index >= 15 is 0 Å². The molecule has 0 bridgehead atoms. The first-order valence-corrected chi connectivity index (χ1v) is 5.25. The van der Waals surface area contributed by atoms with E-state index in [2.05, 4.69) is 31.2 Å². The van der Waals surface area contributed by atoms with Gasteiger partial charge in [-0.2, -0.15) is 5.06 Å². The highest BCUT2D eigenvalue weighted by atomic mass is 16.7. The van der Waals surface area contributed by atoms with Crippen molar-refractivity contribution in [3.63, 3.8) is 0 Å². The summed E-state index contributed by atoms with van der Waals surface area (Å²) in [7, 11) is 2.02. The Morgan fingerprint density at radius 1 is 1.36 bits per heavy atom. The van der Waals surface area contributed by atoms with Crippen LogP contribution >= 0.6 is 0 Å². The molecule has 2 rings (SSSR count). The predicted octanol–water partition coefficient (Wildman–Crippen LogP) is 2.77. The summed E-state index contributed by atoms with van der Waals surface area (Å²) in [5.41, 5.74) is 1.29. The van der Waals surface area contributed by atoms with Gasteiger partial charge >= 0.3 is 0 Å². The molecule has 0 saturated carbocycles. The molecule has 1 heterocycles. The van der Waals surface area contributed by atoms with Crippen LogP contribution in [0.2, 0.25) is 0 Å². The van der Waals surface area contributed by atoms with E-state index in [1.54, 1.807) is 0 Å². The molecular formula is C12H17NO. The van der Waals surface area contributed by atoms with Crippen LogP contribution in [0.5, 0.6) is 0 Å². The van der Waals surface area contributed by atoms with Crippen LogP contribution in [0.15, 0.2) is 30.3 Å². The van der Waals surface area contributed by atoms with Crippen molar-refractivity contribution < 1.29 is 4.84 Å². The molecule has 1 aromatic rings. The summed E-state index contributed by atoms with van der Waals surface area (Å²) in [4.78, 5) is 5.78. The lowest BCUT2D eigenvalue weighted by Crippen LogP contribution is -2.22. The third-order valence-electron chi connectivity index (χ3n) is 2.94. The maximum Gasteiger partial charge on any atom is 0.106 e. The second-order valence-corrected chi connectivity index (χ2v) is 3.85. The van der Waals surface area contributed by atoms with E-state index in [4.69, 9.17) is 4.84 Å². The van der Waals surface area contributed by atoms with Gasteiger partial charge in [0.15, 0.2) is 0 Å². The van der Waals surface area contributed by atoms with Crippen molar-refractivity contribution in [1.82, 2.24) is 5.06 Å². The van der Waals surface area contributed by atoms with E-state index in [0.717, 1.165) is 12.8 Å². The van der Waals surface area contributed by atoms with Crippen molar-refractivity contribution in [2.24, 2.45) is 0 Å². The SMILES string of the molecule is CC[C@@H]1C[C@H](c2ccccc2)ON1C. The summed E-state index contributed by atoms with van der Waals surface area (Å²) in [5, 5.41) is 2.00. The molecule has 0 unspecified atom stereocenters. The van der Waals surface area contributed by atoms with Crippen molar-refractivity contribution >= 4 is 0 Å². The molecule has 76 valence electrons. The molecule has 1 aliphatic heterocycles. The van der Waals surface area contributed by atoms with Gasteiger partial charge in [-0.25, -0.2) is 0 Å². The molecule has 2 heteroatoms. The summed E-state index contributed by atoms with van der Waals surface area (Å²) in [6.07, 6.45) is 2.52. The molecule has 0 aliphatic carbocycles. The smallest absolute Gasteiger partial charge is 0.106 e. The van der Waals surface area contributed by atoms with Gasteiger partial charge in [-0.1, -0.05) is 37.3 Å². The summed E-state index contributed by atoms with van der Waals surface area (Å²) in [5.74, 6) is 0. The van der Waals surface area contributed by atoms with Gasteiger partial charge in [-0.05, 0) is 18.4 Å². The number of hydrogen-bond donors (Lipinski definition) is 0. The molecule has 1 fully saturated rings. The van der Waals surface area contributed by atoms with E-state index in [1.165, 1.54) is 5.56 Å². The normalized spacial score (nSPS) is 28.1. The Balaban J connectivity index is 2.09. The van der Waals surface area contributed by atoms with Crippen LogP contribution in [0.25, 0.3) is 0 Å². The van der Waals surface area contributed by atoms with Gasteiger partial charge in [0.1, 0.15) is 6.10 Å². The van der Waals surface area contributed by atoms with E-state index in [-0.39, 0.29) is 6.10 Å². The molecule has 0 amide bonds. The monoisotopic (exact) mass is 191 g/mol. The minimum atomic E-state index is 0.256. The first-order valence-electron chi connectivity index (χ1n) is 5.25. The Labute approximate surface area is 85.4 Å². The molecule has 1 saturated heterocycles. The van der Waals surface area contributed by atoms with Crippen LogP contribution in [0.3, 0.4) is 0 Å². The molecule has 0 spiro atoms. The molecule has 0 aromatic heterocycles. The average molecular weight is 191 g/mol. The lowest BCUT2D eigenvalue weighted by molar-refractivity contribution is -0.145. The van der Waals surface area contributed by atoms with Crippen molar-refractivity contribution in [1.29, 1.82) is 0 Å². The lowest BCUT2D eigenvalue weighted by atomic mass is 10.0. The van der Waals surface area contributed by atoms with Crippen molar-refractivity contribution in [3.8, 4) is 0 Å². The van der Waals surface area contributed by atoms with Crippen LogP contribution in [-0.2, 0) is 4.84 Å². The van der Waals surface area contributed by atoms with Gasteiger partial charge in [-0.3, -0.25) is 4.84 Å². The molecule has 14 heavy (non-hydrogen) atoms. The van der Waals surface area contributed by atoms with Gasteiger partial charge in [0.2, 0.25) is 0 Å². The van der Waals surface area contributed by atoms with Crippen molar-refractivity contribution in [3.05, 3.63) is 35.9 Å². The Morgan fingerprint density at radius 2 is 2.07 bits per heavy atom. The number of nitrogens with zero attached hydrogens (tertiary/aromatic N) is 1. The van der Waals surface area contributed by atoms with Gasteiger partial charge in [0.25, 0.3) is 0 Å². The summed E-state index contributed by atoms with van der Waals surface area (Å²) in [6.45, 7) is 2.21. The van der Waals surface area contributed by atoms with Crippen LogP contribution < -0.4 is 0 Å². The first-order chi connectivity index (χ1) is 6.81. The topological polar surface area (TPSA) is 12.5 Å². The van der Waals surface area contributed by atoms with E-state index < -0.39 is 0 Å². The minimum absolute atomic E-state index is 0.256. The molecule has 0 radical (unpaired) electrons. The van der Waals surface area contributed by atoms with Crippen molar-refractivity contribution in [2.45, 2.75) is 31.9 Å². The number of hydrogen-bond acceptors (Lipinski definition) is 2. The first kappa shape index (κ1) is 9.69. The predicted molar refractivity (Wildman–Crippen MR) is 56.7 cm³/mol. The zero-order chi connectivity index (χ0) is 9.97. The Bertz CT molecular complexity index is 286. The van der Waals surface area contributed by atoms with Crippen LogP contribution in [0.4, 0.5) is 0 Å². The number of benzene rings is 1. The van der Waals surface area contributed by atoms with Crippen LogP contribution in [-0.4, -0.2) is 18.2 Å². The molecule has 1 aromatic carbocycles. The second-order valence-electron chi connectivity index (χ2n) is 3.85. The summed E-state index contributed by atoms with van der Waals surface area (Å²) >= 11 is 0. The highest BCUT2D eigenvalue weighted by Gasteiger charge is 2.30. The Kier molecular flexibility index (Phi) is 2.85. The van der Waals surface area contributed by atoms with E-state index in [9.17, 15) is 0 Å². The zero-order valence-electron chi connectivity index (χ0n) is 8.81. The third-order valence-corrected chi connectivity index (χ3v) is 2.94. The van der Waals surface area contributed by atoms with E-state index in [1.807, 2.05) is 18.2 Å². The minimum Gasteiger partial charge on any atom is -0.291 e. The Morgan fingerprint density at radius 3 is 2.64 bits per heavy atom. The fourth-order valence-electron chi connectivity index (χ4n) is 2.01. The third kappa shape index (κ3) is 1.81. The molecule has 2 atom stereocenters. The van der Waals surface area contributed by atoms with Gasteiger partial charge < -0.3 is 0 Å². The zero-order valence-corrected chi connectivity index (χ0v) is 8.81. The largest absolute Gasteiger partial charge is 0.291 e. The maximum absolute atomic E-state index is 5.78. The highest BCUT2D eigenvalue weighted by Crippen LogP contribution is 2.32. The number of rotatable bonds is 2. The maximum atomic E-state index is 5.78. The molecular weight excluding hydrogens is 174 g/mol. The van der Waals surface area contributed by atoms with Crippen LogP contribution in [0, 0.1) is 0 Å². The standard InChI is InChI=1S/C12H17NO/c1-3-11-9-12(14-13(11)2)10-7-5-4-6-8-10/h4-8,11-12H,3,9H2,1-2H3/t11-,12-/m1/s1.